The second-order valence-electron chi connectivity index (χ2n) is 7.76. The van der Waals surface area contributed by atoms with Crippen molar-refractivity contribution in [3.05, 3.63) is 77.1 Å². The largest absolute Gasteiger partial charge is 0.396 e. The average molecular weight is 425 g/mol. The number of aromatic nitrogens is 1. The fourth-order valence-corrected chi connectivity index (χ4v) is 5.12. The maximum absolute atomic E-state index is 13.9. The lowest BCUT2D eigenvalue weighted by atomic mass is 9.82. The van der Waals surface area contributed by atoms with E-state index in [2.05, 4.69) is 23.5 Å². The fourth-order valence-electron chi connectivity index (χ4n) is 3.98. The molecule has 3 aromatic rings. The third kappa shape index (κ3) is 4.60. The summed E-state index contributed by atoms with van der Waals surface area (Å²) >= 11 is 1.65. The molecule has 0 saturated heterocycles. The summed E-state index contributed by atoms with van der Waals surface area (Å²) in [7, 11) is 0. The SMILES string of the molecule is O=C(NC[C@H](CO)Cc1ccccc1F)[C@@H]1CC=CC[C@@H]1c1nc2ccccc2s1. The lowest BCUT2D eigenvalue weighted by molar-refractivity contribution is -0.126. The van der Waals surface area contributed by atoms with Crippen molar-refractivity contribution in [3.63, 3.8) is 0 Å². The molecule has 0 unspecified atom stereocenters. The van der Waals surface area contributed by atoms with Gasteiger partial charge in [0.05, 0.1) is 21.1 Å². The van der Waals surface area contributed by atoms with E-state index in [1.807, 2.05) is 18.2 Å². The van der Waals surface area contributed by atoms with Gasteiger partial charge >= 0.3 is 0 Å². The number of thiazole rings is 1. The van der Waals surface area contributed by atoms with E-state index in [1.54, 1.807) is 29.5 Å². The Bertz CT molecular complexity index is 1020. The topological polar surface area (TPSA) is 62.2 Å². The number of para-hydroxylation sites is 1. The van der Waals surface area contributed by atoms with Crippen molar-refractivity contribution >= 4 is 27.5 Å². The Labute approximate surface area is 179 Å². The van der Waals surface area contributed by atoms with E-state index in [0.717, 1.165) is 21.6 Å². The van der Waals surface area contributed by atoms with Gasteiger partial charge < -0.3 is 10.4 Å². The van der Waals surface area contributed by atoms with Crippen molar-refractivity contribution < 1.29 is 14.3 Å². The van der Waals surface area contributed by atoms with E-state index in [1.165, 1.54) is 6.07 Å². The highest BCUT2D eigenvalue weighted by Crippen LogP contribution is 2.38. The minimum absolute atomic E-state index is 0.0319. The summed E-state index contributed by atoms with van der Waals surface area (Å²) < 4.78 is 15.1. The van der Waals surface area contributed by atoms with Gasteiger partial charge in [0.25, 0.3) is 0 Å². The van der Waals surface area contributed by atoms with Crippen LogP contribution in [-0.4, -0.2) is 29.1 Å². The van der Waals surface area contributed by atoms with Crippen LogP contribution in [-0.2, 0) is 11.2 Å². The fraction of sp³-hybridized carbons (Fsp3) is 0.333. The molecule has 0 saturated carbocycles. The number of carbonyl (C=O) groups is 1. The molecule has 0 aliphatic heterocycles. The molecule has 30 heavy (non-hydrogen) atoms. The standard InChI is InChI=1S/C24H25FN2O2S/c25-20-10-4-1-7-17(20)13-16(15-28)14-26-23(29)18-8-2-3-9-19(18)24-27-21-11-5-6-12-22(21)30-24/h1-7,10-12,16,18-19,28H,8-9,13-15H2,(H,26,29)/t16-,18-,19+/m1/s1. The molecule has 1 amide bonds. The van der Waals surface area contributed by atoms with Crippen LogP contribution in [0, 0.1) is 17.7 Å². The van der Waals surface area contributed by atoms with E-state index in [-0.39, 0.29) is 36.1 Å². The van der Waals surface area contributed by atoms with Crippen molar-refractivity contribution in [1.29, 1.82) is 0 Å². The van der Waals surface area contributed by atoms with Crippen LogP contribution in [0.25, 0.3) is 10.2 Å². The third-order valence-electron chi connectivity index (χ3n) is 5.69. The van der Waals surface area contributed by atoms with Gasteiger partial charge in [-0.1, -0.05) is 42.5 Å². The summed E-state index contributed by atoms with van der Waals surface area (Å²) in [5.74, 6) is -0.688. The molecule has 2 N–H and O–H groups in total. The molecule has 1 heterocycles. The van der Waals surface area contributed by atoms with Gasteiger partial charge in [-0.05, 0) is 43.0 Å². The molecule has 1 aromatic heterocycles. The molecule has 0 fully saturated rings. The molecule has 0 bridgehead atoms. The summed E-state index contributed by atoms with van der Waals surface area (Å²) in [5.41, 5.74) is 1.52. The monoisotopic (exact) mass is 424 g/mol. The first-order chi connectivity index (χ1) is 14.7. The van der Waals surface area contributed by atoms with Crippen LogP contribution in [0.2, 0.25) is 0 Å². The Kier molecular flexibility index (Phi) is 6.55. The maximum atomic E-state index is 13.9. The van der Waals surface area contributed by atoms with E-state index in [0.29, 0.717) is 24.9 Å². The predicted molar refractivity (Wildman–Crippen MR) is 118 cm³/mol. The van der Waals surface area contributed by atoms with Crippen LogP contribution in [0.15, 0.2) is 60.7 Å². The van der Waals surface area contributed by atoms with Crippen LogP contribution in [0.1, 0.15) is 29.3 Å². The Morgan fingerprint density at radius 3 is 2.73 bits per heavy atom. The van der Waals surface area contributed by atoms with Gasteiger partial charge in [0.15, 0.2) is 0 Å². The number of amides is 1. The smallest absolute Gasteiger partial charge is 0.224 e. The highest BCUT2D eigenvalue weighted by atomic mass is 32.1. The summed E-state index contributed by atoms with van der Waals surface area (Å²) in [6.45, 7) is 0.205. The molecular weight excluding hydrogens is 399 g/mol. The molecule has 4 nitrogen and oxygen atoms in total. The second kappa shape index (κ2) is 9.49. The first-order valence-electron chi connectivity index (χ1n) is 10.3. The predicted octanol–water partition coefficient (Wildman–Crippen LogP) is 4.45. The van der Waals surface area contributed by atoms with Gasteiger partial charge in [-0.2, -0.15) is 0 Å². The Hall–Kier alpha value is -2.57. The molecule has 156 valence electrons. The Balaban J connectivity index is 1.43. The lowest BCUT2D eigenvalue weighted by Gasteiger charge is -2.27. The number of allylic oxidation sites excluding steroid dienone is 2. The number of benzene rings is 2. The van der Waals surface area contributed by atoms with Gasteiger partial charge in [0, 0.05) is 25.0 Å². The number of nitrogens with one attached hydrogen (secondary N) is 1. The summed E-state index contributed by atoms with van der Waals surface area (Å²) in [5, 5.41) is 13.7. The summed E-state index contributed by atoms with van der Waals surface area (Å²) in [6, 6.07) is 14.6. The summed E-state index contributed by atoms with van der Waals surface area (Å²) in [6.07, 6.45) is 6.02. The number of carbonyl (C=O) groups excluding carboxylic acids is 1. The van der Waals surface area contributed by atoms with Gasteiger partial charge in [0.1, 0.15) is 5.82 Å². The number of fused-ring (bicyclic) bond motifs is 1. The van der Waals surface area contributed by atoms with Crippen molar-refractivity contribution in [3.8, 4) is 0 Å². The Morgan fingerprint density at radius 2 is 1.93 bits per heavy atom. The molecule has 0 spiro atoms. The minimum atomic E-state index is -0.282. The summed E-state index contributed by atoms with van der Waals surface area (Å²) in [4.78, 5) is 17.8. The lowest BCUT2D eigenvalue weighted by Crippen LogP contribution is -2.38. The van der Waals surface area contributed by atoms with Crippen molar-refractivity contribution in [1.82, 2.24) is 10.3 Å². The van der Waals surface area contributed by atoms with Gasteiger partial charge in [0.2, 0.25) is 5.91 Å². The number of aliphatic hydroxyl groups is 1. The van der Waals surface area contributed by atoms with Crippen molar-refractivity contribution in [2.24, 2.45) is 11.8 Å². The molecule has 0 radical (unpaired) electrons. The number of rotatable bonds is 7. The highest BCUT2D eigenvalue weighted by molar-refractivity contribution is 7.18. The molecule has 1 aliphatic rings. The number of hydrogen-bond donors (Lipinski definition) is 2. The zero-order valence-corrected chi connectivity index (χ0v) is 17.4. The number of halogens is 1. The van der Waals surface area contributed by atoms with Crippen LogP contribution >= 0.6 is 11.3 Å². The molecule has 4 rings (SSSR count). The van der Waals surface area contributed by atoms with E-state index in [4.69, 9.17) is 4.98 Å². The molecule has 1 aliphatic carbocycles. The van der Waals surface area contributed by atoms with Crippen LogP contribution in [0.4, 0.5) is 4.39 Å². The average Bonchev–Trinajstić information content (AvgIpc) is 3.22. The Morgan fingerprint density at radius 1 is 1.17 bits per heavy atom. The van der Waals surface area contributed by atoms with Crippen molar-refractivity contribution in [2.45, 2.75) is 25.2 Å². The first kappa shape index (κ1) is 20.7. The van der Waals surface area contributed by atoms with Gasteiger partial charge in [-0.3, -0.25) is 4.79 Å². The highest BCUT2D eigenvalue weighted by Gasteiger charge is 2.32. The van der Waals surface area contributed by atoms with E-state index < -0.39 is 0 Å². The normalized spacial score (nSPS) is 19.7. The number of aliphatic hydroxyl groups excluding tert-OH is 1. The third-order valence-corrected chi connectivity index (χ3v) is 6.85. The molecule has 2 aromatic carbocycles. The number of hydrogen-bond acceptors (Lipinski definition) is 4. The van der Waals surface area contributed by atoms with Gasteiger partial charge in [-0.15, -0.1) is 11.3 Å². The first-order valence-corrected chi connectivity index (χ1v) is 11.1. The zero-order valence-electron chi connectivity index (χ0n) is 16.6. The van der Waals surface area contributed by atoms with E-state index in [9.17, 15) is 14.3 Å². The van der Waals surface area contributed by atoms with Crippen LogP contribution in [0.5, 0.6) is 0 Å². The molecule has 6 heteroatoms. The number of nitrogens with zero attached hydrogens (tertiary/aromatic N) is 1. The van der Waals surface area contributed by atoms with Gasteiger partial charge in [-0.25, -0.2) is 9.37 Å². The molecule has 3 atom stereocenters. The zero-order chi connectivity index (χ0) is 20.9. The second-order valence-corrected chi connectivity index (χ2v) is 8.83. The molecular formula is C24H25FN2O2S. The van der Waals surface area contributed by atoms with Crippen LogP contribution < -0.4 is 5.32 Å². The minimum Gasteiger partial charge on any atom is -0.396 e. The van der Waals surface area contributed by atoms with E-state index >= 15 is 0 Å². The van der Waals surface area contributed by atoms with Crippen molar-refractivity contribution in [2.75, 3.05) is 13.2 Å². The quantitative estimate of drug-likeness (QED) is 0.551. The van der Waals surface area contributed by atoms with Crippen LogP contribution in [0.3, 0.4) is 0 Å². The maximum Gasteiger partial charge on any atom is 0.224 e.